The summed E-state index contributed by atoms with van der Waals surface area (Å²) >= 11 is 8.28. The van der Waals surface area contributed by atoms with E-state index >= 15 is 0 Å². The second-order valence-electron chi connectivity index (χ2n) is 9.97. The average molecular weight is 589 g/mol. The molecule has 1 N–H and O–H groups in total. The third-order valence-electron chi connectivity index (χ3n) is 7.28. The Hall–Kier alpha value is -3.59. The maximum atomic E-state index is 13.9. The highest BCUT2D eigenvalue weighted by atomic mass is 35.5. The van der Waals surface area contributed by atoms with E-state index in [-0.39, 0.29) is 29.4 Å². The van der Waals surface area contributed by atoms with E-state index in [1.54, 1.807) is 12.0 Å². The van der Waals surface area contributed by atoms with Crippen LogP contribution in [0.4, 0.5) is 5.82 Å². The van der Waals surface area contributed by atoms with Crippen molar-refractivity contribution in [3.63, 3.8) is 0 Å². The van der Waals surface area contributed by atoms with Gasteiger partial charge in [-0.15, -0.1) is 11.8 Å². The number of methoxy groups -OCH3 is 1. The number of aryl methyl sites for hydroxylation is 1. The maximum Gasteiger partial charge on any atom is 0.240 e. The Morgan fingerprint density at radius 2 is 1.83 bits per heavy atom. The number of hydrogen-bond donors (Lipinski definition) is 1. The number of carbonyl (C=O) groups excluding carboxylic acids is 2. The molecule has 3 aromatic carbocycles. The standard InChI is InChI=1S/C32H33ClN4O3S/c1-21-11-9-16-26(22(21)2)37-32-29(30(35-37)23-12-5-4-6-13-23)31(24-14-7-8-15-25(24)33)41-20-28(39)36(32)19-27(38)34-17-10-18-40-3/h4-9,11-16,31H,10,17-20H2,1-3H3,(H,34,38)/t31-/m0/s1. The zero-order valence-corrected chi connectivity index (χ0v) is 25.0. The Labute approximate surface area is 249 Å². The normalized spacial score (nSPS) is 15.0. The summed E-state index contributed by atoms with van der Waals surface area (Å²) in [5.41, 5.74) is 6.42. The van der Waals surface area contributed by atoms with E-state index in [2.05, 4.69) is 18.3 Å². The molecule has 1 atom stereocenters. The number of nitrogens with zero attached hydrogens (tertiary/aromatic N) is 3. The number of aromatic nitrogens is 2. The van der Waals surface area contributed by atoms with Gasteiger partial charge in [-0.1, -0.05) is 72.3 Å². The van der Waals surface area contributed by atoms with Crippen LogP contribution >= 0.6 is 23.4 Å². The van der Waals surface area contributed by atoms with Crippen molar-refractivity contribution in [3.8, 4) is 16.9 Å². The van der Waals surface area contributed by atoms with Crippen molar-refractivity contribution in [2.75, 3.05) is 37.5 Å². The van der Waals surface area contributed by atoms with Crippen molar-refractivity contribution in [3.05, 3.63) is 100 Å². The molecule has 4 aromatic rings. The van der Waals surface area contributed by atoms with Crippen LogP contribution in [0.15, 0.2) is 72.8 Å². The van der Waals surface area contributed by atoms with Crippen molar-refractivity contribution in [2.45, 2.75) is 25.5 Å². The number of amides is 2. The molecule has 2 heterocycles. The number of ether oxygens (including phenoxy) is 1. The van der Waals surface area contributed by atoms with E-state index in [0.29, 0.717) is 30.4 Å². The van der Waals surface area contributed by atoms with Crippen LogP contribution in [0.25, 0.3) is 16.9 Å². The largest absolute Gasteiger partial charge is 0.385 e. The van der Waals surface area contributed by atoms with Gasteiger partial charge in [0.25, 0.3) is 0 Å². The number of hydrogen-bond acceptors (Lipinski definition) is 5. The van der Waals surface area contributed by atoms with Crippen molar-refractivity contribution in [1.29, 1.82) is 0 Å². The Morgan fingerprint density at radius 1 is 1.07 bits per heavy atom. The lowest BCUT2D eigenvalue weighted by Gasteiger charge is -2.24. The van der Waals surface area contributed by atoms with Gasteiger partial charge in [-0.2, -0.15) is 5.10 Å². The molecule has 9 heteroatoms. The Bertz CT molecular complexity index is 1560. The van der Waals surface area contributed by atoms with E-state index in [4.69, 9.17) is 21.4 Å². The summed E-state index contributed by atoms with van der Waals surface area (Å²) < 4.78 is 6.95. The number of carbonyl (C=O) groups is 2. The first kappa shape index (κ1) is 28.9. The molecule has 0 aliphatic carbocycles. The van der Waals surface area contributed by atoms with Crippen LogP contribution in [0.3, 0.4) is 0 Å². The van der Waals surface area contributed by atoms with Gasteiger partial charge in [-0.25, -0.2) is 4.68 Å². The molecule has 0 fully saturated rings. The predicted molar refractivity (Wildman–Crippen MR) is 166 cm³/mol. The van der Waals surface area contributed by atoms with E-state index in [9.17, 15) is 9.59 Å². The summed E-state index contributed by atoms with van der Waals surface area (Å²) in [6, 6.07) is 23.7. The van der Waals surface area contributed by atoms with Gasteiger partial charge in [0.05, 0.1) is 22.4 Å². The summed E-state index contributed by atoms with van der Waals surface area (Å²) in [5.74, 6) is 0.368. The van der Waals surface area contributed by atoms with Crippen molar-refractivity contribution >= 4 is 41.0 Å². The first-order valence-corrected chi connectivity index (χ1v) is 15.0. The van der Waals surface area contributed by atoms with Gasteiger partial charge in [0.1, 0.15) is 12.4 Å². The molecule has 0 unspecified atom stereocenters. The number of benzene rings is 3. The predicted octanol–water partition coefficient (Wildman–Crippen LogP) is 6.13. The highest BCUT2D eigenvalue weighted by molar-refractivity contribution is 8.00. The fourth-order valence-electron chi connectivity index (χ4n) is 5.04. The van der Waals surface area contributed by atoms with Crippen LogP contribution < -0.4 is 10.2 Å². The fourth-order valence-corrected chi connectivity index (χ4v) is 6.58. The molecule has 41 heavy (non-hydrogen) atoms. The number of nitrogens with one attached hydrogen (secondary N) is 1. The first-order chi connectivity index (χ1) is 19.9. The van der Waals surface area contributed by atoms with Gasteiger partial charge in [-0.05, 0) is 49.1 Å². The highest BCUT2D eigenvalue weighted by Crippen LogP contribution is 2.50. The van der Waals surface area contributed by atoms with Crippen LogP contribution in [-0.2, 0) is 14.3 Å². The number of thioether (sulfide) groups is 1. The Morgan fingerprint density at radius 3 is 2.59 bits per heavy atom. The fraction of sp³-hybridized carbons (Fsp3) is 0.281. The van der Waals surface area contributed by atoms with Crippen LogP contribution in [0, 0.1) is 13.8 Å². The molecular weight excluding hydrogens is 556 g/mol. The van der Waals surface area contributed by atoms with E-state index in [1.165, 1.54) is 11.8 Å². The SMILES string of the molecule is COCCCNC(=O)CN1C(=O)CS[C@@H](c2ccccc2Cl)c2c(-c3ccccc3)nn(-c3cccc(C)c3C)c21. The quantitative estimate of drug-likeness (QED) is 0.238. The molecule has 0 spiro atoms. The van der Waals surface area contributed by atoms with Crippen molar-refractivity contribution < 1.29 is 14.3 Å². The maximum absolute atomic E-state index is 13.9. The van der Waals surface area contributed by atoms with Gasteiger partial charge in [0.15, 0.2) is 0 Å². The van der Waals surface area contributed by atoms with Crippen molar-refractivity contribution in [2.24, 2.45) is 0 Å². The average Bonchev–Trinajstić information content (AvgIpc) is 3.30. The first-order valence-electron chi connectivity index (χ1n) is 13.6. The topological polar surface area (TPSA) is 76.5 Å². The molecule has 1 aliphatic rings. The zero-order chi connectivity index (χ0) is 28.9. The molecule has 212 valence electrons. The van der Waals surface area contributed by atoms with Crippen molar-refractivity contribution in [1.82, 2.24) is 15.1 Å². The Balaban J connectivity index is 1.75. The summed E-state index contributed by atoms with van der Waals surface area (Å²) in [6.45, 7) is 4.98. The molecule has 1 aromatic heterocycles. The van der Waals surface area contributed by atoms with E-state index < -0.39 is 0 Å². The van der Waals surface area contributed by atoms with E-state index in [1.807, 2.05) is 78.3 Å². The lowest BCUT2D eigenvalue weighted by atomic mass is 9.99. The van der Waals surface area contributed by atoms with Crippen LogP contribution in [0.5, 0.6) is 0 Å². The number of anilines is 1. The van der Waals surface area contributed by atoms with Crippen LogP contribution in [-0.4, -0.2) is 54.2 Å². The monoisotopic (exact) mass is 588 g/mol. The van der Waals surface area contributed by atoms with Crippen LogP contribution in [0.1, 0.15) is 33.9 Å². The van der Waals surface area contributed by atoms with Gasteiger partial charge >= 0.3 is 0 Å². The minimum atomic E-state index is -0.286. The third kappa shape index (κ3) is 6.05. The van der Waals surface area contributed by atoms with E-state index in [0.717, 1.165) is 39.2 Å². The van der Waals surface area contributed by atoms with Gasteiger partial charge in [-0.3, -0.25) is 14.5 Å². The summed E-state index contributed by atoms with van der Waals surface area (Å²) in [4.78, 5) is 28.6. The van der Waals surface area contributed by atoms with Gasteiger partial charge in [0.2, 0.25) is 11.8 Å². The molecule has 0 bridgehead atoms. The molecule has 7 nitrogen and oxygen atoms in total. The minimum Gasteiger partial charge on any atom is -0.385 e. The smallest absolute Gasteiger partial charge is 0.240 e. The third-order valence-corrected chi connectivity index (χ3v) is 8.86. The molecule has 1 aliphatic heterocycles. The molecule has 0 radical (unpaired) electrons. The lowest BCUT2D eigenvalue weighted by Crippen LogP contribution is -2.42. The molecule has 0 saturated heterocycles. The molecule has 2 amide bonds. The minimum absolute atomic E-state index is 0.126. The summed E-state index contributed by atoms with van der Waals surface area (Å²) in [7, 11) is 1.63. The Kier molecular flexibility index (Phi) is 9.12. The molecular formula is C32H33ClN4O3S. The number of rotatable bonds is 9. The molecule has 5 rings (SSSR count). The summed E-state index contributed by atoms with van der Waals surface area (Å²) in [5, 5.41) is 8.45. The number of halogens is 1. The highest BCUT2D eigenvalue weighted by Gasteiger charge is 2.38. The van der Waals surface area contributed by atoms with Crippen LogP contribution in [0.2, 0.25) is 5.02 Å². The van der Waals surface area contributed by atoms with Gasteiger partial charge in [0, 0.05) is 36.4 Å². The second kappa shape index (κ2) is 12.9. The molecule has 0 saturated carbocycles. The van der Waals surface area contributed by atoms with Gasteiger partial charge < -0.3 is 10.1 Å². The lowest BCUT2D eigenvalue weighted by molar-refractivity contribution is -0.122. The number of fused-ring (bicyclic) bond motifs is 1. The zero-order valence-electron chi connectivity index (χ0n) is 23.4. The summed E-state index contributed by atoms with van der Waals surface area (Å²) in [6.07, 6.45) is 0.685. The second-order valence-corrected chi connectivity index (χ2v) is 11.5.